The lowest BCUT2D eigenvalue weighted by atomic mass is 10.1. The first-order chi connectivity index (χ1) is 15.5. The largest absolute Gasteiger partial charge is 0.322 e. The van der Waals surface area contributed by atoms with Crippen molar-refractivity contribution in [1.82, 2.24) is 9.97 Å². The van der Waals surface area contributed by atoms with E-state index in [2.05, 4.69) is 20.6 Å². The number of aromatic nitrogens is 2. The minimum atomic E-state index is -0.0932. The Morgan fingerprint density at radius 1 is 0.562 bits per heavy atom. The number of amides is 2. The highest BCUT2D eigenvalue weighted by Crippen LogP contribution is 2.12. The van der Waals surface area contributed by atoms with Crippen molar-refractivity contribution in [1.29, 1.82) is 0 Å². The number of rotatable bonds is 4. The molecule has 2 N–H and O–H groups in total. The van der Waals surface area contributed by atoms with Crippen LogP contribution < -0.4 is 10.6 Å². The van der Waals surface area contributed by atoms with E-state index in [1.54, 1.807) is 49.1 Å². The summed E-state index contributed by atoms with van der Waals surface area (Å²) in [5, 5.41) is 5.64. The van der Waals surface area contributed by atoms with E-state index in [1.165, 1.54) is 0 Å². The molecule has 6 nitrogen and oxygen atoms in total. The van der Waals surface area contributed by atoms with Crippen LogP contribution in [0.2, 0.25) is 0 Å². The van der Waals surface area contributed by atoms with Crippen LogP contribution >= 0.6 is 0 Å². The van der Waals surface area contributed by atoms with Crippen LogP contribution in [0.5, 0.6) is 0 Å². The van der Waals surface area contributed by atoms with Crippen molar-refractivity contribution in [2.75, 3.05) is 10.6 Å². The molecule has 0 aliphatic carbocycles. The number of carbonyl (C=O) groups excluding carboxylic acids is 2. The highest BCUT2D eigenvalue weighted by Gasteiger charge is 2.08. The van der Waals surface area contributed by atoms with Gasteiger partial charge in [-0.1, -0.05) is 36.4 Å². The summed E-state index contributed by atoms with van der Waals surface area (Å²) in [7, 11) is 0. The molecule has 0 aliphatic rings. The molecular formula is C26H24N4O2. The number of benzene rings is 2. The fourth-order valence-corrected chi connectivity index (χ4v) is 2.92. The van der Waals surface area contributed by atoms with E-state index in [0.29, 0.717) is 11.1 Å². The third kappa shape index (κ3) is 6.34. The molecule has 0 saturated heterocycles. The van der Waals surface area contributed by atoms with Crippen molar-refractivity contribution in [2.45, 2.75) is 13.8 Å². The molecule has 0 saturated carbocycles. The number of hydrogen-bond donors (Lipinski definition) is 2. The highest BCUT2D eigenvalue weighted by molar-refractivity contribution is 6.05. The minimum absolute atomic E-state index is 0.0932. The first-order valence-corrected chi connectivity index (χ1v) is 10.1. The van der Waals surface area contributed by atoms with Crippen LogP contribution in [-0.2, 0) is 0 Å². The van der Waals surface area contributed by atoms with Crippen LogP contribution in [0.3, 0.4) is 0 Å². The van der Waals surface area contributed by atoms with Gasteiger partial charge in [0, 0.05) is 47.3 Å². The number of hydrogen-bond acceptors (Lipinski definition) is 4. The van der Waals surface area contributed by atoms with Gasteiger partial charge in [-0.3, -0.25) is 19.6 Å². The number of aryl methyl sites for hydroxylation is 2. The smallest absolute Gasteiger partial charge is 0.255 e. The lowest BCUT2D eigenvalue weighted by molar-refractivity contribution is 0.101. The molecule has 0 bridgehead atoms. The van der Waals surface area contributed by atoms with Gasteiger partial charge in [-0.15, -0.1) is 0 Å². The van der Waals surface area contributed by atoms with Crippen molar-refractivity contribution in [3.8, 4) is 0 Å². The average molecular weight is 425 g/mol. The molecule has 6 heteroatoms. The summed E-state index contributed by atoms with van der Waals surface area (Å²) in [4.78, 5) is 31.6. The molecular weight excluding hydrogens is 400 g/mol. The van der Waals surface area contributed by atoms with Gasteiger partial charge in [0.25, 0.3) is 11.8 Å². The summed E-state index contributed by atoms with van der Waals surface area (Å²) >= 11 is 0. The molecule has 2 amide bonds. The first-order valence-electron chi connectivity index (χ1n) is 10.1. The molecule has 2 heterocycles. The second kappa shape index (κ2) is 11.2. The molecule has 0 radical (unpaired) electrons. The maximum atomic E-state index is 11.9. The normalized spacial score (nSPS) is 9.81. The zero-order valence-electron chi connectivity index (χ0n) is 17.9. The van der Waals surface area contributed by atoms with Gasteiger partial charge in [0.1, 0.15) is 0 Å². The Kier molecular flexibility index (Phi) is 7.81. The zero-order chi connectivity index (χ0) is 22.8. The second-order valence-electron chi connectivity index (χ2n) is 7.01. The van der Waals surface area contributed by atoms with Gasteiger partial charge in [-0.05, 0) is 61.4 Å². The summed E-state index contributed by atoms with van der Waals surface area (Å²) < 4.78 is 0. The highest BCUT2D eigenvalue weighted by atomic mass is 16.2. The summed E-state index contributed by atoms with van der Waals surface area (Å²) in [6, 6.07) is 22.0. The maximum absolute atomic E-state index is 11.9. The van der Waals surface area contributed by atoms with Crippen LogP contribution in [0.15, 0.2) is 97.6 Å². The Bertz CT molecular complexity index is 1080. The van der Waals surface area contributed by atoms with Crippen molar-refractivity contribution >= 4 is 23.2 Å². The molecule has 2 aromatic carbocycles. The third-order valence-corrected chi connectivity index (χ3v) is 4.66. The topological polar surface area (TPSA) is 84.0 Å². The van der Waals surface area contributed by atoms with Gasteiger partial charge in [0.2, 0.25) is 0 Å². The van der Waals surface area contributed by atoms with E-state index in [9.17, 15) is 9.59 Å². The van der Waals surface area contributed by atoms with Gasteiger partial charge < -0.3 is 10.6 Å². The quantitative estimate of drug-likeness (QED) is 0.467. The number of anilines is 2. The van der Waals surface area contributed by atoms with E-state index in [4.69, 9.17) is 0 Å². The predicted octanol–water partition coefficient (Wildman–Crippen LogP) is 5.28. The summed E-state index contributed by atoms with van der Waals surface area (Å²) in [5.41, 5.74) is 4.83. The molecule has 160 valence electrons. The Morgan fingerprint density at radius 2 is 0.906 bits per heavy atom. The molecule has 0 unspecified atom stereocenters. The monoisotopic (exact) mass is 424 g/mol. The van der Waals surface area contributed by atoms with Crippen molar-refractivity contribution in [3.05, 3.63) is 120 Å². The second-order valence-corrected chi connectivity index (χ2v) is 7.01. The molecule has 0 spiro atoms. The molecule has 32 heavy (non-hydrogen) atoms. The molecule has 0 fully saturated rings. The van der Waals surface area contributed by atoms with E-state index < -0.39 is 0 Å². The van der Waals surface area contributed by atoms with Crippen LogP contribution in [0.4, 0.5) is 11.4 Å². The van der Waals surface area contributed by atoms with Crippen LogP contribution in [0.1, 0.15) is 31.8 Å². The van der Waals surface area contributed by atoms with Crippen LogP contribution in [0.25, 0.3) is 0 Å². The van der Waals surface area contributed by atoms with Crippen molar-refractivity contribution < 1.29 is 9.59 Å². The van der Waals surface area contributed by atoms with Gasteiger partial charge in [0.15, 0.2) is 0 Å². The molecule has 2 aromatic heterocycles. The lowest BCUT2D eigenvalue weighted by Gasteiger charge is -2.06. The van der Waals surface area contributed by atoms with Crippen LogP contribution in [-0.4, -0.2) is 21.8 Å². The minimum Gasteiger partial charge on any atom is -0.322 e. The van der Waals surface area contributed by atoms with E-state index >= 15 is 0 Å². The Hall–Kier alpha value is -4.32. The van der Waals surface area contributed by atoms with Gasteiger partial charge >= 0.3 is 0 Å². The standard InChI is InChI=1S/2C13H12N2O/c2*1-10-4-2-3-5-12(10)13(16)15-11-6-8-14-9-7-11/h2*2-9H,1H3,(H,14,15,16). The molecule has 0 aliphatic heterocycles. The number of carbonyl (C=O) groups is 2. The zero-order valence-corrected chi connectivity index (χ0v) is 17.9. The Labute approximate surface area is 187 Å². The fraction of sp³-hybridized carbons (Fsp3) is 0.0769. The molecule has 0 atom stereocenters. The van der Waals surface area contributed by atoms with Gasteiger partial charge in [-0.25, -0.2) is 0 Å². The molecule has 4 rings (SSSR count). The molecule has 4 aromatic rings. The summed E-state index contributed by atoms with van der Waals surface area (Å²) in [6.07, 6.45) is 6.59. The van der Waals surface area contributed by atoms with E-state index in [0.717, 1.165) is 22.5 Å². The van der Waals surface area contributed by atoms with Crippen molar-refractivity contribution in [3.63, 3.8) is 0 Å². The fourth-order valence-electron chi connectivity index (χ4n) is 2.92. The van der Waals surface area contributed by atoms with Crippen LogP contribution in [0, 0.1) is 13.8 Å². The first kappa shape index (κ1) is 22.4. The summed E-state index contributed by atoms with van der Waals surface area (Å²) in [6.45, 7) is 3.84. The lowest BCUT2D eigenvalue weighted by Crippen LogP contribution is -2.13. The number of nitrogens with zero attached hydrogens (tertiary/aromatic N) is 2. The van der Waals surface area contributed by atoms with Gasteiger partial charge in [0.05, 0.1) is 0 Å². The Balaban J connectivity index is 0.000000181. The summed E-state index contributed by atoms with van der Waals surface area (Å²) in [5.74, 6) is -0.186. The van der Waals surface area contributed by atoms with E-state index in [1.807, 2.05) is 62.4 Å². The van der Waals surface area contributed by atoms with E-state index in [-0.39, 0.29) is 11.8 Å². The third-order valence-electron chi connectivity index (χ3n) is 4.66. The average Bonchev–Trinajstić information content (AvgIpc) is 2.81. The predicted molar refractivity (Wildman–Crippen MR) is 127 cm³/mol. The number of nitrogens with one attached hydrogen (secondary N) is 2. The SMILES string of the molecule is Cc1ccccc1C(=O)Nc1ccncc1.Cc1ccccc1C(=O)Nc1ccncc1. The van der Waals surface area contributed by atoms with Crippen molar-refractivity contribution in [2.24, 2.45) is 0 Å². The Morgan fingerprint density at radius 3 is 1.25 bits per heavy atom. The number of pyridine rings is 2. The van der Waals surface area contributed by atoms with Gasteiger partial charge in [-0.2, -0.15) is 0 Å². The maximum Gasteiger partial charge on any atom is 0.255 e.